The molecule has 0 aliphatic heterocycles. The SMILES string of the molecule is Cn1nncc1C(=O)C1=CCCCCC1. The molecule has 1 aliphatic rings. The number of hydrogen-bond donors (Lipinski definition) is 0. The molecule has 0 radical (unpaired) electrons. The number of allylic oxidation sites excluding steroid dienone is 2. The van der Waals surface area contributed by atoms with Gasteiger partial charge in [-0.25, -0.2) is 4.68 Å². The molecule has 0 saturated heterocycles. The van der Waals surface area contributed by atoms with Crippen LogP contribution in [0.4, 0.5) is 0 Å². The minimum absolute atomic E-state index is 0.0874. The molecule has 0 amide bonds. The molecule has 0 aromatic carbocycles. The zero-order chi connectivity index (χ0) is 10.7. The van der Waals surface area contributed by atoms with Crippen LogP contribution >= 0.6 is 0 Å². The van der Waals surface area contributed by atoms with E-state index in [2.05, 4.69) is 16.4 Å². The smallest absolute Gasteiger partial charge is 0.208 e. The first-order valence-corrected chi connectivity index (χ1v) is 5.37. The maximum atomic E-state index is 12.1. The number of hydrogen-bond acceptors (Lipinski definition) is 3. The molecule has 0 fully saturated rings. The number of ketones is 1. The molecule has 0 atom stereocenters. The summed E-state index contributed by atoms with van der Waals surface area (Å²) in [7, 11) is 1.75. The Kier molecular flexibility index (Phi) is 2.94. The Hall–Kier alpha value is -1.45. The van der Waals surface area contributed by atoms with Crippen molar-refractivity contribution in [3.8, 4) is 0 Å². The maximum Gasteiger partial charge on any atom is 0.208 e. The molecule has 4 heteroatoms. The molecule has 1 aromatic rings. The molecule has 2 rings (SSSR count). The first-order chi connectivity index (χ1) is 7.29. The number of Topliss-reactive ketones (excluding diaryl/α,β-unsaturated/α-hetero) is 1. The second kappa shape index (κ2) is 4.38. The third-order valence-electron chi connectivity index (χ3n) is 2.78. The predicted octanol–water partition coefficient (Wildman–Crippen LogP) is 1.89. The Morgan fingerprint density at radius 2 is 2.27 bits per heavy atom. The average molecular weight is 205 g/mol. The molecular formula is C11H15N3O. The molecule has 80 valence electrons. The molecular weight excluding hydrogens is 190 g/mol. The molecule has 0 unspecified atom stereocenters. The molecule has 4 nitrogen and oxygen atoms in total. The summed E-state index contributed by atoms with van der Waals surface area (Å²) >= 11 is 0. The first kappa shape index (κ1) is 10.1. The number of carbonyl (C=O) groups is 1. The van der Waals surface area contributed by atoms with E-state index in [1.165, 1.54) is 23.7 Å². The highest BCUT2D eigenvalue weighted by atomic mass is 16.1. The maximum absolute atomic E-state index is 12.1. The van der Waals surface area contributed by atoms with Gasteiger partial charge in [0, 0.05) is 7.05 Å². The molecule has 0 bridgehead atoms. The second-order valence-corrected chi connectivity index (χ2v) is 3.90. The highest BCUT2D eigenvalue weighted by Gasteiger charge is 2.16. The Morgan fingerprint density at radius 3 is 3.00 bits per heavy atom. The summed E-state index contributed by atoms with van der Waals surface area (Å²) in [6.07, 6.45) is 9.05. The molecule has 1 aliphatic carbocycles. The summed E-state index contributed by atoms with van der Waals surface area (Å²) in [5.41, 5.74) is 1.51. The van der Waals surface area contributed by atoms with Crippen LogP contribution in [-0.4, -0.2) is 20.8 Å². The zero-order valence-corrected chi connectivity index (χ0v) is 8.94. The van der Waals surface area contributed by atoms with Gasteiger partial charge in [-0.1, -0.05) is 17.7 Å². The normalized spacial score (nSPS) is 17.0. The third-order valence-corrected chi connectivity index (χ3v) is 2.78. The van der Waals surface area contributed by atoms with Crippen molar-refractivity contribution in [2.45, 2.75) is 32.1 Å². The fourth-order valence-corrected chi connectivity index (χ4v) is 1.88. The van der Waals surface area contributed by atoms with E-state index in [0.717, 1.165) is 24.8 Å². The summed E-state index contributed by atoms with van der Waals surface area (Å²) in [5.74, 6) is 0.0874. The predicted molar refractivity (Wildman–Crippen MR) is 56.5 cm³/mol. The highest BCUT2D eigenvalue weighted by Crippen LogP contribution is 2.20. The monoisotopic (exact) mass is 205 g/mol. The minimum atomic E-state index is 0.0874. The van der Waals surface area contributed by atoms with Crippen molar-refractivity contribution in [1.82, 2.24) is 15.0 Å². The van der Waals surface area contributed by atoms with Crippen LogP contribution in [0, 0.1) is 0 Å². The lowest BCUT2D eigenvalue weighted by Crippen LogP contribution is -2.09. The van der Waals surface area contributed by atoms with Crippen LogP contribution in [0.1, 0.15) is 42.6 Å². The quantitative estimate of drug-likeness (QED) is 0.693. The van der Waals surface area contributed by atoms with Gasteiger partial charge < -0.3 is 0 Å². The number of nitrogens with zero attached hydrogens (tertiary/aromatic N) is 3. The number of carbonyl (C=O) groups excluding carboxylic acids is 1. The van der Waals surface area contributed by atoms with E-state index in [1.807, 2.05) is 0 Å². The van der Waals surface area contributed by atoms with E-state index in [-0.39, 0.29) is 5.78 Å². The van der Waals surface area contributed by atoms with Gasteiger partial charge in [0.05, 0.1) is 6.20 Å². The standard InChI is InChI=1S/C11H15N3O/c1-14-10(8-12-13-14)11(15)9-6-4-2-3-5-7-9/h6,8H,2-5,7H2,1H3. The van der Waals surface area contributed by atoms with Crippen molar-refractivity contribution in [2.75, 3.05) is 0 Å². The first-order valence-electron chi connectivity index (χ1n) is 5.37. The third kappa shape index (κ3) is 2.14. The lowest BCUT2D eigenvalue weighted by atomic mass is 10.0. The van der Waals surface area contributed by atoms with Gasteiger partial charge in [0.2, 0.25) is 5.78 Å². The lowest BCUT2D eigenvalue weighted by Gasteiger charge is -2.03. The van der Waals surface area contributed by atoms with Gasteiger partial charge in [-0.05, 0) is 31.3 Å². The number of aromatic nitrogens is 3. The van der Waals surface area contributed by atoms with E-state index < -0.39 is 0 Å². The van der Waals surface area contributed by atoms with Crippen molar-refractivity contribution in [3.05, 3.63) is 23.5 Å². The Morgan fingerprint density at radius 1 is 1.40 bits per heavy atom. The van der Waals surface area contributed by atoms with Crippen molar-refractivity contribution >= 4 is 5.78 Å². The van der Waals surface area contributed by atoms with Gasteiger partial charge in [0.1, 0.15) is 5.69 Å². The van der Waals surface area contributed by atoms with E-state index in [1.54, 1.807) is 7.05 Å². The van der Waals surface area contributed by atoms with Crippen LogP contribution in [0.3, 0.4) is 0 Å². The second-order valence-electron chi connectivity index (χ2n) is 3.90. The zero-order valence-electron chi connectivity index (χ0n) is 8.94. The summed E-state index contributed by atoms with van der Waals surface area (Å²) in [5, 5.41) is 7.50. The van der Waals surface area contributed by atoms with Crippen LogP contribution in [0.15, 0.2) is 17.8 Å². The minimum Gasteiger partial charge on any atom is -0.287 e. The van der Waals surface area contributed by atoms with Gasteiger partial charge in [-0.2, -0.15) is 0 Å². The molecule has 15 heavy (non-hydrogen) atoms. The molecule has 0 spiro atoms. The fourth-order valence-electron chi connectivity index (χ4n) is 1.88. The molecule has 1 aromatic heterocycles. The van der Waals surface area contributed by atoms with Crippen LogP contribution < -0.4 is 0 Å². The van der Waals surface area contributed by atoms with Gasteiger partial charge in [-0.3, -0.25) is 4.79 Å². The summed E-state index contributed by atoms with van der Waals surface area (Å²) < 4.78 is 1.54. The summed E-state index contributed by atoms with van der Waals surface area (Å²) in [6.45, 7) is 0. The Bertz CT molecular complexity index is 392. The van der Waals surface area contributed by atoms with Crippen molar-refractivity contribution in [2.24, 2.45) is 7.05 Å². The molecule has 0 N–H and O–H groups in total. The van der Waals surface area contributed by atoms with E-state index in [4.69, 9.17) is 0 Å². The Labute approximate surface area is 89.0 Å². The van der Waals surface area contributed by atoms with Crippen LogP contribution in [0.5, 0.6) is 0 Å². The van der Waals surface area contributed by atoms with Crippen molar-refractivity contribution in [1.29, 1.82) is 0 Å². The molecule has 1 heterocycles. The van der Waals surface area contributed by atoms with Gasteiger partial charge in [-0.15, -0.1) is 5.10 Å². The molecule has 0 saturated carbocycles. The van der Waals surface area contributed by atoms with E-state index in [0.29, 0.717) is 5.69 Å². The van der Waals surface area contributed by atoms with Gasteiger partial charge >= 0.3 is 0 Å². The average Bonchev–Trinajstić information content (AvgIpc) is 2.53. The highest BCUT2D eigenvalue weighted by molar-refractivity contribution is 6.07. The van der Waals surface area contributed by atoms with E-state index >= 15 is 0 Å². The van der Waals surface area contributed by atoms with Crippen LogP contribution in [0.2, 0.25) is 0 Å². The largest absolute Gasteiger partial charge is 0.287 e. The Balaban J connectivity index is 2.20. The number of rotatable bonds is 2. The fraction of sp³-hybridized carbons (Fsp3) is 0.545. The summed E-state index contributed by atoms with van der Waals surface area (Å²) in [6, 6.07) is 0. The van der Waals surface area contributed by atoms with Crippen molar-refractivity contribution in [3.63, 3.8) is 0 Å². The van der Waals surface area contributed by atoms with E-state index in [9.17, 15) is 4.79 Å². The topological polar surface area (TPSA) is 47.8 Å². The van der Waals surface area contributed by atoms with Gasteiger partial charge in [0.15, 0.2) is 0 Å². The van der Waals surface area contributed by atoms with Crippen LogP contribution in [0.25, 0.3) is 0 Å². The number of aryl methyl sites for hydroxylation is 1. The van der Waals surface area contributed by atoms with Crippen molar-refractivity contribution < 1.29 is 4.79 Å². The lowest BCUT2D eigenvalue weighted by molar-refractivity contribution is 0.102. The summed E-state index contributed by atoms with van der Waals surface area (Å²) in [4.78, 5) is 12.1. The van der Waals surface area contributed by atoms with Crippen LogP contribution in [-0.2, 0) is 7.05 Å². The van der Waals surface area contributed by atoms with Gasteiger partial charge in [0.25, 0.3) is 0 Å².